The van der Waals surface area contributed by atoms with Gasteiger partial charge in [0.15, 0.2) is 0 Å². The van der Waals surface area contributed by atoms with Crippen LogP contribution in [0, 0.1) is 6.92 Å². The molecule has 3 rings (SSSR count). The second kappa shape index (κ2) is 9.17. The van der Waals surface area contributed by atoms with Gasteiger partial charge in [-0.25, -0.2) is 8.42 Å². The molecule has 7 heteroatoms. The summed E-state index contributed by atoms with van der Waals surface area (Å²) in [6.07, 6.45) is 5.28. The molecule has 1 aromatic carbocycles. The average molecular weight is 394 g/mol. The summed E-state index contributed by atoms with van der Waals surface area (Å²) in [6, 6.07) is 7.13. The third-order valence-electron chi connectivity index (χ3n) is 5.68. The number of amides is 1. The van der Waals surface area contributed by atoms with Crippen molar-refractivity contribution in [1.29, 1.82) is 0 Å². The Balaban J connectivity index is 1.78. The fourth-order valence-electron chi connectivity index (χ4n) is 4.12. The van der Waals surface area contributed by atoms with Gasteiger partial charge in [-0.2, -0.15) is 4.31 Å². The van der Waals surface area contributed by atoms with E-state index in [2.05, 4.69) is 5.32 Å². The second-order valence-electron chi connectivity index (χ2n) is 7.55. The van der Waals surface area contributed by atoms with Gasteiger partial charge in [-0.3, -0.25) is 4.79 Å². The Labute approximate surface area is 163 Å². The number of piperazine rings is 1. The van der Waals surface area contributed by atoms with E-state index in [1.54, 1.807) is 16.4 Å². The van der Waals surface area contributed by atoms with Crippen LogP contribution < -0.4 is 5.32 Å². The van der Waals surface area contributed by atoms with Crippen LogP contribution in [-0.2, 0) is 14.8 Å². The van der Waals surface area contributed by atoms with E-state index in [1.807, 2.05) is 24.0 Å². The van der Waals surface area contributed by atoms with E-state index in [9.17, 15) is 13.2 Å². The summed E-state index contributed by atoms with van der Waals surface area (Å²) < 4.78 is 28.5. The molecule has 0 atom stereocenters. The summed E-state index contributed by atoms with van der Waals surface area (Å²) in [5.41, 5.74) is 0.756. The van der Waals surface area contributed by atoms with Crippen molar-refractivity contribution in [2.24, 2.45) is 0 Å². The van der Waals surface area contributed by atoms with Crippen molar-refractivity contribution in [2.75, 3.05) is 32.7 Å². The maximum absolute atomic E-state index is 13.4. The molecule has 0 spiro atoms. The van der Waals surface area contributed by atoms with Crippen molar-refractivity contribution < 1.29 is 13.2 Å². The minimum Gasteiger partial charge on any atom is -0.340 e. The van der Waals surface area contributed by atoms with Gasteiger partial charge >= 0.3 is 0 Å². The zero-order chi connectivity index (χ0) is 19.3. The van der Waals surface area contributed by atoms with E-state index in [0.717, 1.165) is 50.8 Å². The van der Waals surface area contributed by atoms with Crippen LogP contribution in [0.4, 0.5) is 0 Å². The molecule has 27 heavy (non-hydrogen) atoms. The number of benzene rings is 1. The molecule has 2 fully saturated rings. The quantitative estimate of drug-likeness (QED) is 0.804. The maximum atomic E-state index is 13.4. The Kier molecular flexibility index (Phi) is 6.89. The first-order valence-corrected chi connectivity index (χ1v) is 11.5. The minimum atomic E-state index is -3.61. The average Bonchev–Trinajstić information content (AvgIpc) is 2.69. The number of aryl methyl sites for hydroxylation is 1. The second-order valence-corrected chi connectivity index (χ2v) is 9.41. The molecule has 1 aliphatic carbocycles. The number of nitrogens with zero attached hydrogens (tertiary/aromatic N) is 2. The Morgan fingerprint density at radius 3 is 2.48 bits per heavy atom. The molecule has 0 aromatic heterocycles. The molecule has 1 saturated heterocycles. The zero-order valence-electron chi connectivity index (χ0n) is 16.2. The van der Waals surface area contributed by atoms with Gasteiger partial charge in [0.25, 0.3) is 0 Å². The number of sulfonamides is 1. The summed E-state index contributed by atoms with van der Waals surface area (Å²) in [5, 5.41) is 3.24. The molecule has 1 amide bonds. The normalized spacial score (nSPS) is 19.4. The first-order valence-electron chi connectivity index (χ1n) is 10.1. The van der Waals surface area contributed by atoms with Crippen molar-refractivity contribution in [3.8, 4) is 0 Å². The van der Waals surface area contributed by atoms with E-state index in [0.29, 0.717) is 18.0 Å². The van der Waals surface area contributed by atoms with Gasteiger partial charge in [0.2, 0.25) is 15.9 Å². The van der Waals surface area contributed by atoms with Crippen LogP contribution in [0.15, 0.2) is 29.2 Å². The molecule has 2 aliphatic rings. The van der Waals surface area contributed by atoms with Crippen LogP contribution in [-0.4, -0.2) is 62.3 Å². The lowest BCUT2D eigenvalue weighted by atomic mass is 9.95. The number of hydrogen-bond acceptors (Lipinski definition) is 4. The number of nitrogens with one attached hydrogen (secondary N) is 1. The van der Waals surface area contributed by atoms with Crippen LogP contribution in [0.1, 0.15) is 44.1 Å². The van der Waals surface area contributed by atoms with E-state index < -0.39 is 10.0 Å². The molecule has 1 saturated carbocycles. The standard InChI is InChI=1S/C20H31N3O3S/c1-17-7-5-6-10-19(17)27(25,26)23(18-8-3-2-4-9-18)14-11-20(24)22-15-12-21-13-16-22/h5-7,10,18,21H,2-4,8-9,11-16H2,1H3. The highest BCUT2D eigenvalue weighted by atomic mass is 32.2. The number of hydrogen-bond donors (Lipinski definition) is 1. The van der Waals surface area contributed by atoms with E-state index in [-0.39, 0.29) is 24.9 Å². The molecule has 1 aromatic rings. The lowest BCUT2D eigenvalue weighted by Gasteiger charge is -2.34. The topological polar surface area (TPSA) is 69.7 Å². The zero-order valence-corrected chi connectivity index (χ0v) is 17.0. The summed E-state index contributed by atoms with van der Waals surface area (Å²) in [7, 11) is -3.61. The molecule has 0 unspecified atom stereocenters. The molecule has 6 nitrogen and oxygen atoms in total. The molecule has 1 aliphatic heterocycles. The summed E-state index contributed by atoms with van der Waals surface area (Å²) in [5.74, 6) is 0.0530. The number of carbonyl (C=O) groups is 1. The molecular formula is C20H31N3O3S. The van der Waals surface area contributed by atoms with Crippen molar-refractivity contribution in [2.45, 2.75) is 56.4 Å². The molecule has 1 heterocycles. The predicted octanol–water partition coefficient (Wildman–Crippen LogP) is 2.14. The van der Waals surface area contributed by atoms with Crippen LogP contribution in [0.5, 0.6) is 0 Å². The Morgan fingerprint density at radius 2 is 1.81 bits per heavy atom. The van der Waals surface area contributed by atoms with Gasteiger partial charge in [0.1, 0.15) is 0 Å². The predicted molar refractivity (Wildman–Crippen MR) is 106 cm³/mol. The Morgan fingerprint density at radius 1 is 1.15 bits per heavy atom. The van der Waals surface area contributed by atoms with Crippen LogP contribution in [0.2, 0.25) is 0 Å². The van der Waals surface area contributed by atoms with Gasteiger partial charge in [0.05, 0.1) is 4.90 Å². The maximum Gasteiger partial charge on any atom is 0.243 e. The fourth-order valence-corrected chi connectivity index (χ4v) is 6.03. The highest BCUT2D eigenvalue weighted by Crippen LogP contribution is 2.29. The van der Waals surface area contributed by atoms with E-state index >= 15 is 0 Å². The van der Waals surface area contributed by atoms with Crippen LogP contribution in [0.3, 0.4) is 0 Å². The largest absolute Gasteiger partial charge is 0.340 e. The van der Waals surface area contributed by atoms with E-state index in [4.69, 9.17) is 0 Å². The van der Waals surface area contributed by atoms with Gasteiger partial charge < -0.3 is 10.2 Å². The smallest absolute Gasteiger partial charge is 0.243 e. The summed E-state index contributed by atoms with van der Waals surface area (Å²) in [4.78, 5) is 14.8. The van der Waals surface area contributed by atoms with Gasteiger partial charge in [-0.1, -0.05) is 37.5 Å². The van der Waals surface area contributed by atoms with Crippen LogP contribution in [0.25, 0.3) is 0 Å². The lowest BCUT2D eigenvalue weighted by molar-refractivity contribution is -0.131. The first-order chi connectivity index (χ1) is 13.0. The summed E-state index contributed by atoms with van der Waals surface area (Å²) >= 11 is 0. The van der Waals surface area contributed by atoms with Crippen molar-refractivity contribution in [3.63, 3.8) is 0 Å². The SMILES string of the molecule is Cc1ccccc1S(=O)(=O)N(CCC(=O)N1CCNCC1)C1CCCCC1. The van der Waals surface area contributed by atoms with Gasteiger partial charge in [-0.15, -0.1) is 0 Å². The van der Waals surface area contributed by atoms with Crippen molar-refractivity contribution in [1.82, 2.24) is 14.5 Å². The van der Waals surface area contributed by atoms with Crippen LogP contribution >= 0.6 is 0 Å². The first kappa shape index (κ1) is 20.3. The van der Waals surface area contributed by atoms with Gasteiger partial charge in [-0.05, 0) is 31.4 Å². The molecule has 150 valence electrons. The highest BCUT2D eigenvalue weighted by molar-refractivity contribution is 7.89. The van der Waals surface area contributed by atoms with E-state index in [1.165, 1.54) is 0 Å². The Hall–Kier alpha value is -1.44. The molecular weight excluding hydrogens is 362 g/mol. The minimum absolute atomic E-state index is 0.000761. The molecule has 1 N–H and O–H groups in total. The van der Waals surface area contributed by atoms with Crippen molar-refractivity contribution >= 4 is 15.9 Å². The third kappa shape index (κ3) is 4.89. The highest BCUT2D eigenvalue weighted by Gasteiger charge is 2.33. The molecule has 0 bridgehead atoms. The fraction of sp³-hybridized carbons (Fsp3) is 0.650. The third-order valence-corrected chi connectivity index (χ3v) is 7.79. The molecule has 0 radical (unpaired) electrons. The van der Waals surface area contributed by atoms with Gasteiger partial charge in [0, 0.05) is 45.2 Å². The monoisotopic (exact) mass is 393 g/mol. The number of rotatable bonds is 6. The lowest BCUT2D eigenvalue weighted by Crippen LogP contribution is -2.48. The summed E-state index contributed by atoms with van der Waals surface area (Å²) in [6.45, 7) is 5.11. The van der Waals surface area contributed by atoms with Crippen molar-refractivity contribution in [3.05, 3.63) is 29.8 Å². The number of carbonyl (C=O) groups excluding carboxylic acids is 1. The Bertz CT molecular complexity index is 739.